The van der Waals surface area contributed by atoms with E-state index >= 15 is 0 Å². The van der Waals surface area contributed by atoms with Crippen molar-refractivity contribution in [2.45, 2.75) is 39.7 Å². The van der Waals surface area contributed by atoms with E-state index in [0.717, 1.165) is 11.4 Å². The molecule has 0 radical (unpaired) electrons. The predicted octanol–water partition coefficient (Wildman–Crippen LogP) is 6.16. The van der Waals surface area contributed by atoms with Gasteiger partial charge in [0.1, 0.15) is 0 Å². The molecule has 2 aliphatic rings. The molecule has 0 saturated carbocycles. The van der Waals surface area contributed by atoms with Crippen molar-refractivity contribution >= 4 is 46.3 Å². The molecular weight excluding hydrogens is 407 g/mol. The van der Waals surface area contributed by atoms with Crippen LogP contribution in [-0.2, 0) is 9.59 Å². The zero-order chi connectivity index (χ0) is 20.9. The third-order valence-electron chi connectivity index (χ3n) is 5.51. The number of benzene rings is 2. The van der Waals surface area contributed by atoms with Gasteiger partial charge in [0.05, 0.1) is 17.4 Å². The molecule has 1 heterocycles. The number of hydrogen-bond donors (Lipinski definition) is 1. The first-order valence-corrected chi connectivity index (χ1v) is 10.3. The molecule has 1 atom stereocenters. The highest BCUT2D eigenvalue weighted by Gasteiger charge is 2.43. The van der Waals surface area contributed by atoms with Crippen LogP contribution in [0.2, 0.25) is 10.0 Å². The van der Waals surface area contributed by atoms with Gasteiger partial charge in [-0.15, -0.1) is 0 Å². The SMILES string of the molecule is CC(=O)N1c2ccccc2NC2=C(C(=O)CC(C)(C)C2)C1c1c(Cl)cccc1Cl. The standard InChI is InChI=1S/C23H22Cl2N2O2/c1-13(28)27-18-10-5-4-9-16(18)26-17-11-23(2,3)12-19(29)21(17)22(27)20-14(24)7-6-8-15(20)25/h4-10,22,26H,11-12H2,1-3H3. The smallest absolute Gasteiger partial charge is 0.224 e. The first-order valence-electron chi connectivity index (χ1n) is 9.55. The monoisotopic (exact) mass is 428 g/mol. The molecule has 4 nitrogen and oxygen atoms in total. The highest BCUT2D eigenvalue weighted by atomic mass is 35.5. The Balaban J connectivity index is 2.07. The molecule has 4 rings (SSSR count). The molecule has 1 aliphatic heterocycles. The minimum absolute atomic E-state index is 0.00351. The van der Waals surface area contributed by atoms with Gasteiger partial charge in [-0.05, 0) is 36.1 Å². The van der Waals surface area contributed by atoms with Crippen LogP contribution in [0.25, 0.3) is 0 Å². The molecule has 0 aromatic heterocycles. The molecule has 29 heavy (non-hydrogen) atoms. The Morgan fingerprint density at radius 2 is 1.72 bits per heavy atom. The van der Waals surface area contributed by atoms with Crippen LogP contribution >= 0.6 is 23.2 Å². The Labute approximate surface area is 180 Å². The molecule has 0 spiro atoms. The van der Waals surface area contributed by atoms with Crippen molar-refractivity contribution in [3.63, 3.8) is 0 Å². The summed E-state index contributed by atoms with van der Waals surface area (Å²) in [5, 5.41) is 4.31. The number of nitrogens with zero attached hydrogens (tertiary/aromatic N) is 1. The van der Waals surface area contributed by atoms with E-state index in [-0.39, 0.29) is 17.1 Å². The van der Waals surface area contributed by atoms with E-state index in [1.165, 1.54) is 6.92 Å². The lowest BCUT2D eigenvalue weighted by Crippen LogP contribution is -2.38. The molecule has 1 unspecified atom stereocenters. The van der Waals surface area contributed by atoms with Crippen LogP contribution in [0, 0.1) is 5.41 Å². The number of carbonyl (C=O) groups excluding carboxylic acids is 2. The fourth-order valence-electron chi connectivity index (χ4n) is 4.38. The number of para-hydroxylation sites is 2. The van der Waals surface area contributed by atoms with Crippen LogP contribution in [0.1, 0.15) is 45.2 Å². The summed E-state index contributed by atoms with van der Waals surface area (Å²) in [5.41, 5.74) is 3.25. The van der Waals surface area contributed by atoms with E-state index in [0.29, 0.717) is 39.7 Å². The fourth-order valence-corrected chi connectivity index (χ4v) is 4.98. The molecule has 2 aromatic rings. The van der Waals surface area contributed by atoms with Crippen molar-refractivity contribution in [1.82, 2.24) is 0 Å². The zero-order valence-electron chi connectivity index (χ0n) is 16.6. The summed E-state index contributed by atoms with van der Waals surface area (Å²) in [6.45, 7) is 5.65. The lowest BCUT2D eigenvalue weighted by molar-refractivity contribution is -0.118. The molecule has 2 aromatic carbocycles. The van der Waals surface area contributed by atoms with Crippen molar-refractivity contribution in [1.29, 1.82) is 0 Å². The average Bonchev–Trinajstić information content (AvgIpc) is 2.74. The molecule has 0 fully saturated rings. The molecular formula is C23H22Cl2N2O2. The largest absolute Gasteiger partial charge is 0.357 e. The normalized spacial score (nSPS) is 20.5. The van der Waals surface area contributed by atoms with Gasteiger partial charge in [0.2, 0.25) is 5.91 Å². The Morgan fingerprint density at radius 1 is 1.07 bits per heavy atom. The summed E-state index contributed by atoms with van der Waals surface area (Å²) < 4.78 is 0. The number of allylic oxidation sites excluding steroid dienone is 1. The quantitative estimate of drug-likeness (QED) is 0.591. The molecule has 6 heteroatoms. The Bertz CT molecular complexity index is 1040. The van der Waals surface area contributed by atoms with Gasteiger partial charge in [-0.3, -0.25) is 14.5 Å². The average molecular weight is 429 g/mol. The minimum Gasteiger partial charge on any atom is -0.357 e. The topological polar surface area (TPSA) is 49.4 Å². The number of halogens is 2. The van der Waals surface area contributed by atoms with E-state index < -0.39 is 6.04 Å². The van der Waals surface area contributed by atoms with Crippen LogP contribution in [0.3, 0.4) is 0 Å². The number of carbonyl (C=O) groups is 2. The van der Waals surface area contributed by atoms with Crippen molar-refractivity contribution in [3.05, 3.63) is 69.3 Å². The summed E-state index contributed by atoms with van der Waals surface area (Å²) in [4.78, 5) is 27.9. The van der Waals surface area contributed by atoms with Gasteiger partial charge < -0.3 is 5.32 Å². The van der Waals surface area contributed by atoms with Gasteiger partial charge in [0.15, 0.2) is 5.78 Å². The van der Waals surface area contributed by atoms with E-state index in [1.54, 1.807) is 23.1 Å². The third kappa shape index (κ3) is 3.45. The summed E-state index contributed by atoms with van der Waals surface area (Å²) >= 11 is 13.1. The summed E-state index contributed by atoms with van der Waals surface area (Å²) in [6.07, 6.45) is 1.08. The van der Waals surface area contributed by atoms with Crippen molar-refractivity contribution in [2.24, 2.45) is 5.41 Å². The second kappa shape index (κ2) is 7.19. The molecule has 0 bridgehead atoms. The van der Waals surface area contributed by atoms with Gasteiger partial charge in [-0.2, -0.15) is 0 Å². The van der Waals surface area contributed by atoms with Gasteiger partial charge >= 0.3 is 0 Å². The van der Waals surface area contributed by atoms with Crippen LogP contribution in [0.15, 0.2) is 53.7 Å². The van der Waals surface area contributed by atoms with Gasteiger partial charge in [-0.25, -0.2) is 0 Å². The molecule has 1 aliphatic carbocycles. The number of rotatable bonds is 1. The van der Waals surface area contributed by atoms with Crippen LogP contribution < -0.4 is 10.2 Å². The molecule has 0 saturated heterocycles. The highest BCUT2D eigenvalue weighted by molar-refractivity contribution is 6.36. The molecule has 1 N–H and O–H groups in total. The van der Waals surface area contributed by atoms with Gasteiger partial charge in [0, 0.05) is 40.2 Å². The first-order chi connectivity index (χ1) is 13.7. The molecule has 1 amide bonds. The van der Waals surface area contributed by atoms with Crippen LogP contribution in [0.4, 0.5) is 11.4 Å². The van der Waals surface area contributed by atoms with E-state index in [9.17, 15) is 9.59 Å². The summed E-state index contributed by atoms with van der Waals surface area (Å²) in [6, 6.07) is 12.1. The highest BCUT2D eigenvalue weighted by Crippen LogP contribution is 2.50. The number of Topliss-reactive ketones (excluding diaryl/α,β-unsaturated/α-hetero) is 1. The number of hydrogen-bond acceptors (Lipinski definition) is 3. The van der Waals surface area contributed by atoms with E-state index in [2.05, 4.69) is 19.2 Å². The van der Waals surface area contributed by atoms with E-state index in [4.69, 9.17) is 23.2 Å². The summed E-state index contributed by atoms with van der Waals surface area (Å²) in [5.74, 6) is -0.185. The fraction of sp³-hybridized carbons (Fsp3) is 0.304. The Hall–Kier alpha value is -2.30. The Kier molecular flexibility index (Phi) is 4.96. The second-order valence-corrected chi connectivity index (χ2v) is 9.22. The maximum atomic E-state index is 13.4. The lowest BCUT2D eigenvalue weighted by Gasteiger charge is -2.37. The maximum absolute atomic E-state index is 13.4. The minimum atomic E-state index is -0.691. The number of ketones is 1. The number of anilines is 2. The number of fused-ring (bicyclic) bond motifs is 1. The third-order valence-corrected chi connectivity index (χ3v) is 6.17. The van der Waals surface area contributed by atoms with Crippen molar-refractivity contribution in [2.75, 3.05) is 10.2 Å². The van der Waals surface area contributed by atoms with Crippen molar-refractivity contribution in [3.8, 4) is 0 Å². The number of amides is 1. The van der Waals surface area contributed by atoms with Crippen molar-refractivity contribution < 1.29 is 9.59 Å². The van der Waals surface area contributed by atoms with Crippen LogP contribution in [-0.4, -0.2) is 11.7 Å². The molecule has 150 valence electrons. The first kappa shape index (κ1) is 20.0. The van der Waals surface area contributed by atoms with Gasteiger partial charge in [0.25, 0.3) is 0 Å². The number of nitrogens with one attached hydrogen (secondary N) is 1. The van der Waals surface area contributed by atoms with Crippen LogP contribution in [0.5, 0.6) is 0 Å². The lowest BCUT2D eigenvalue weighted by atomic mass is 9.73. The summed E-state index contributed by atoms with van der Waals surface area (Å²) in [7, 11) is 0. The second-order valence-electron chi connectivity index (χ2n) is 8.40. The predicted molar refractivity (Wildman–Crippen MR) is 117 cm³/mol. The maximum Gasteiger partial charge on any atom is 0.224 e. The Morgan fingerprint density at radius 3 is 2.38 bits per heavy atom. The van der Waals surface area contributed by atoms with Gasteiger partial charge in [-0.1, -0.05) is 55.2 Å². The zero-order valence-corrected chi connectivity index (χ0v) is 18.1. The van der Waals surface area contributed by atoms with E-state index in [1.807, 2.05) is 24.3 Å².